The topological polar surface area (TPSA) is 92.1 Å². The fourth-order valence-electron chi connectivity index (χ4n) is 2.50. The second-order valence-electron chi connectivity index (χ2n) is 4.90. The van der Waals surface area contributed by atoms with Crippen LogP contribution in [0.15, 0.2) is 23.0 Å². The van der Waals surface area contributed by atoms with Crippen molar-refractivity contribution in [2.75, 3.05) is 18.0 Å². The van der Waals surface area contributed by atoms with Crippen molar-refractivity contribution >= 4 is 22.5 Å². The van der Waals surface area contributed by atoms with Crippen LogP contribution < -0.4 is 10.5 Å². The number of hydrogen-bond acceptors (Lipinski definition) is 5. The van der Waals surface area contributed by atoms with E-state index >= 15 is 0 Å². The van der Waals surface area contributed by atoms with E-state index in [2.05, 4.69) is 14.9 Å². The van der Waals surface area contributed by atoms with Gasteiger partial charge in [-0.3, -0.25) is 14.9 Å². The molecule has 0 radical (unpaired) electrons. The zero-order valence-electron chi connectivity index (χ0n) is 10.8. The van der Waals surface area contributed by atoms with Crippen LogP contribution in [0.1, 0.15) is 19.3 Å². The molecule has 1 fully saturated rings. The number of aromatic amines is 1. The van der Waals surface area contributed by atoms with Crippen molar-refractivity contribution in [1.29, 1.82) is 0 Å². The van der Waals surface area contributed by atoms with E-state index in [9.17, 15) is 14.9 Å². The average Bonchev–Trinajstić information content (AvgIpc) is 2.46. The monoisotopic (exact) mass is 274 g/mol. The summed E-state index contributed by atoms with van der Waals surface area (Å²) in [5.41, 5.74) is -0.778. The predicted molar refractivity (Wildman–Crippen MR) is 75.1 cm³/mol. The summed E-state index contributed by atoms with van der Waals surface area (Å²) in [5.74, 6) is 0.807. The maximum Gasteiger partial charge on any atom is 0.334 e. The third-order valence-corrected chi connectivity index (χ3v) is 3.55. The van der Waals surface area contributed by atoms with Crippen LogP contribution in [0.4, 0.5) is 11.5 Å². The molecule has 1 saturated heterocycles. The average molecular weight is 274 g/mol. The van der Waals surface area contributed by atoms with Crippen LogP contribution in [0, 0.1) is 10.1 Å². The maximum atomic E-state index is 11.6. The fraction of sp³-hybridized carbons (Fsp3) is 0.385. The summed E-state index contributed by atoms with van der Waals surface area (Å²) in [6, 6.07) is 4.87. The largest absolute Gasteiger partial charge is 0.357 e. The van der Waals surface area contributed by atoms with Gasteiger partial charge in [0.1, 0.15) is 11.5 Å². The number of nitrogens with one attached hydrogen (secondary N) is 1. The van der Waals surface area contributed by atoms with E-state index in [4.69, 9.17) is 0 Å². The molecule has 7 heteroatoms. The highest BCUT2D eigenvalue weighted by atomic mass is 16.6. The molecule has 7 nitrogen and oxygen atoms in total. The van der Waals surface area contributed by atoms with Crippen LogP contribution in [0.2, 0.25) is 0 Å². The Balaban J connectivity index is 2.05. The highest BCUT2D eigenvalue weighted by Crippen LogP contribution is 2.21. The van der Waals surface area contributed by atoms with Gasteiger partial charge in [0.2, 0.25) is 0 Å². The number of nitro groups is 1. The number of nitrogens with zero attached hydrogens (tertiary/aromatic N) is 3. The van der Waals surface area contributed by atoms with E-state index in [1.54, 1.807) is 6.07 Å². The molecule has 3 heterocycles. The number of rotatable bonds is 2. The fourth-order valence-corrected chi connectivity index (χ4v) is 2.50. The lowest BCUT2D eigenvalue weighted by Gasteiger charge is -2.27. The summed E-state index contributed by atoms with van der Waals surface area (Å²) in [6.07, 6.45) is 3.50. The molecule has 0 spiro atoms. The summed E-state index contributed by atoms with van der Waals surface area (Å²) in [6.45, 7) is 1.91. The van der Waals surface area contributed by atoms with Gasteiger partial charge in [-0.15, -0.1) is 0 Å². The Labute approximate surface area is 114 Å². The first-order valence-electron chi connectivity index (χ1n) is 6.58. The zero-order chi connectivity index (χ0) is 14.1. The molecule has 104 valence electrons. The van der Waals surface area contributed by atoms with E-state index in [-0.39, 0.29) is 0 Å². The van der Waals surface area contributed by atoms with Crippen molar-refractivity contribution in [3.63, 3.8) is 0 Å². The normalized spacial score (nSPS) is 15.5. The highest BCUT2D eigenvalue weighted by Gasteiger charge is 2.16. The van der Waals surface area contributed by atoms with E-state index in [1.807, 2.05) is 6.07 Å². The number of H-pyrrole nitrogens is 1. The predicted octanol–water partition coefficient (Wildman–Crippen LogP) is 1.82. The molecule has 0 aromatic carbocycles. The van der Waals surface area contributed by atoms with Crippen molar-refractivity contribution in [2.24, 2.45) is 0 Å². The van der Waals surface area contributed by atoms with Crippen LogP contribution in [-0.2, 0) is 0 Å². The molecule has 0 amide bonds. The van der Waals surface area contributed by atoms with Gasteiger partial charge in [0, 0.05) is 24.5 Å². The Hall–Kier alpha value is -2.44. The molecule has 2 aromatic heterocycles. The first-order chi connectivity index (χ1) is 9.65. The van der Waals surface area contributed by atoms with Gasteiger partial charge in [-0.05, 0) is 31.4 Å². The number of piperidine rings is 1. The third kappa shape index (κ3) is 2.22. The summed E-state index contributed by atoms with van der Waals surface area (Å²) in [4.78, 5) is 30.7. The minimum absolute atomic E-state index is 0.392. The van der Waals surface area contributed by atoms with E-state index in [0.29, 0.717) is 11.0 Å². The minimum atomic E-state index is -0.717. The van der Waals surface area contributed by atoms with Crippen LogP contribution in [0.25, 0.3) is 11.0 Å². The van der Waals surface area contributed by atoms with Crippen LogP contribution >= 0.6 is 0 Å². The molecule has 2 aromatic rings. The number of hydrogen-bond donors (Lipinski definition) is 1. The van der Waals surface area contributed by atoms with Crippen molar-refractivity contribution in [3.05, 3.63) is 38.7 Å². The summed E-state index contributed by atoms with van der Waals surface area (Å²) >= 11 is 0. The molecule has 0 atom stereocenters. The first kappa shape index (κ1) is 12.6. The Kier molecular flexibility index (Phi) is 3.09. The minimum Gasteiger partial charge on any atom is -0.357 e. The van der Waals surface area contributed by atoms with Crippen molar-refractivity contribution in [3.8, 4) is 0 Å². The summed E-state index contributed by atoms with van der Waals surface area (Å²) in [5, 5.41) is 11.3. The van der Waals surface area contributed by atoms with Gasteiger partial charge in [-0.1, -0.05) is 0 Å². The summed E-state index contributed by atoms with van der Waals surface area (Å²) < 4.78 is 0. The highest BCUT2D eigenvalue weighted by molar-refractivity contribution is 5.78. The van der Waals surface area contributed by atoms with E-state index in [0.717, 1.165) is 31.7 Å². The van der Waals surface area contributed by atoms with Gasteiger partial charge in [-0.25, -0.2) is 4.98 Å². The lowest BCUT2D eigenvalue weighted by atomic mass is 10.1. The molecule has 20 heavy (non-hydrogen) atoms. The lowest BCUT2D eigenvalue weighted by Crippen LogP contribution is -2.30. The third-order valence-electron chi connectivity index (χ3n) is 3.55. The Morgan fingerprint density at radius 2 is 2.00 bits per heavy atom. The van der Waals surface area contributed by atoms with Gasteiger partial charge >= 0.3 is 11.2 Å². The standard InChI is InChI=1S/C13H14N4O3/c18-13-10(17(19)20)8-9-4-5-11(14-12(9)15-13)16-6-2-1-3-7-16/h4-5,8H,1-3,6-7H2,(H,14,15,18). The number of pyridine rings is 2. The van der Waals surface area contributed by atoms with Gasteiger partial charge in [0.05, 0.1) is 4.92 Å². The smallest absolute Gasteiger partial charge is 0.334 e. The summed E-state index contributed by atoms with van der Waals surface area (Å²) in [7, 11) is 0. The van der Waals surface area contributed by atoms with Gasteiger partial charge in [-0.2, -0.15) is 0 Å². The number of anilines is 1. The number of fused-ring (bicyclic) bond motifs is 1. The molecule has 0 unspecified atom stereocenters. The van der Waals surface area contributed by atoms with Crippen LogP contribution in [0.5, 0.6) is 0 Å². The SMILES string of the molecule is O=c1[nH]c2nc(N3CCCCC3)ccc2cc1[N+](=O)[O-]. The number of aromatic nitrogens is 2. The first-order valence-corrected chi connectivity index (χ1v) is 6.58. The molecule has 1 N–H and O–H groups in total. The lowest BCUT2D eigenvalue weighted by molar-refractivity contribution is -0.386. The van der Waals surface area contributed by atoms with Crippen molar-refractivity contribution in [2.45, 2.75) is 19.3 Å². The Morgan fingerprint density at radius 3 is 2.70 bits per heavy atom. The zero-order valence-corrected chi connectivity index (χ0v) is 10.8. The molecular formula is C13H14N4O3. The molecule has 1 aliphatic heterocycles. The molecule has 0 saturated carbocycles. The van der Waals surface area contributed by atoms with Crippen LogP contribution in [-0.4, -0.2) is 28.0 Å². The second-order valence-corrected chi connectivity index (χ2v) is 4.90. The van der Waals surface area contributed by atoms with Crippen molar-refractivity contribution in [1.82, 2.24) is 9.97 Å². The molecular weight excluding hydrogens is 260 g/mol. The second kappa shape index (κ2) is 4.92. The van der Waals surface area contributed by atoms with E-state index in [1.165, 1.54) is 12.5 Å². The Bertz CT molecular complexity index is 719. The van der Waals surface area contributed by atoms with Gasteiger partial charge < -0.3 is 9.88 Å². The maximum absolute atomic E-state index is 11.6. The molecule has 3 rings (SSSR count). The van der Waals surface area contributed by atoms with E-state index < -0.39 is 16.2 Å². The molecule has 0 aliphatic carbocycles. The Morgan fingerprint density at radius 1 is 1.25 bits per heavy atom. The van der Waals surface area contributed by atoms with Crippen LogP contribution in [0.3, 0.4) is 0 Å². The van der Waals surface area contributed by atoms with Gasteiger partial charge in [0.15, 0.2) is 0 Å². The van der Waals surface area contributed by atoms with Gasteiger partial charge in [0.25, 0.3) is 0 Å². The van der Waals surface area contributed by atoms with Crippen molar-refractivity contribution < 1.29 is 4.92 Å². The molecule has 0 bridgehead atoms. The quantitative estimate of drug-likeness (QED) is 0.666. The molecule has 1 aliphatic rings.